The molecule has 0 aliphatic carbocycles. The average molecular weight is 296 g/mol. The van der Waals surface area contributed by atoms with Crippen LogP contribution in [-0.4, -0.2) is 36.8 Å². The van der Waals surface area contributed by atoms with Gasteiger partial charge in [-0.25, -0.2) is 18.2 Å². The van der Waals surface area contributed by atoms with E-state index in [1.165, 1.54) is 18.5 Å². The van der Waals surface area contributed by atoms with Gasteiger partial charge in [-0.3, -0.25) is 0 Å². The van der Waals surface area contributed by atoms with Gasteiger partial charge in [-0.15, -0.1) is 0 Å². The largest absolute Gasteiger partial charge is 0.490 e. The van der Waals surface area contributed by atoms with Crippen LogP contribution in [0.15, 0.2) is 29.4 Å². The number of fused-ring (bicyclic) bond motifs is 1. The van der Waals surface area contributed by atoms with E-state index in [-0.39, 0.29) is 10.8 Å². The number of ether oxygens (including phenoxy) is 2. The Hall–Kier alpha value is -2.29. The fourth-order valence-corrected chi connectivity index (χ4v) is 2.73. The van der Waals surface area contributed by atoms with E-state index in [4.69, 9.17) is 9.47 Å². The fourth-order valence-electron chi connectivity index (χ4n) is 1.75. The van der Waals surface area contributed by atoms with Crippen LogP contribution in [0.2, 0.25) is 0 Å². The topological polar surface area (TPSA) is 106 Å². The molecular weight excluding hydrogens is 284 g/mol. The number of aromatic nitrogens is 3. The highest BCUT2D eigenvalue weighted by Gasteiger charge is 2.19. The molecule has 8 nitrogen and oxygen atoms in total. The molecule has 1 aliphatic heterocycles. The summed E-state index contributed by atoms with van der Waals surface area (Å²) in [5, 5.41) is 6.00. The minimum absolute atomic E-state index is 0.0529. The third kappa shape index (κ3) is 2.52. The molecule has 1 aromatic heterocycles. The van der Waals surface area contributed by atoms with Crippen molar-refractivity contribution in [2.24, 2.45) is 0 Å². The minimum atomic E-state index is -3.75. The molecule has 0 amide bonds. The molecule has 9 heteroatoms. The standard InChI is InChI=1S/C11H12N4O4S/c16-20(17,15-11-12-7-13-14-11)8-2-3-9-10(6-8)19-5-1-4-18-9/h2-3,6-7H,1,4-5H2,(H2,12,13,14,15). The van der Waals surface area contributed by atoms with E-state index in [1.807, 2.05) is 0 Å². The van der Waals surface area contributed by atoms with E-state index < -0.39 is 10.0 Å². The van der Waals surface area contributed by atoms with Crippen molar-refractivity contribution >= 4 is 16.0 Å². The summed E-state index contributed by atoms with van der Waals surface area (Å²) in [4.78, 5) is 3.78. The number of nitrogens with zero attached hydrogens (tertiary/aromatic N) is 2. The molecule has 0 spiro atoms. The van der Waals surface area contributed by atoms with Gasteiger partial charge in [0.2, 0.25) is 5.95 Å². The van der Waals surface area contributed by atoms with Crippen molar-refractivity contribution in [3.63, 3.8) is 0 Å². The van der Waals surface area contributed by atoms with Crippen LogP contribution >= 0.6 is 0 Å². The highest BCUT2D eigenvalue weighted by atomic mass is 32.2. The van der Waals surface area contributed by atoms with Gasteiger partial charge < -0.3 is 9.47 Å². The maximum absolute atomic E-state index is 12.2. The number of rotatable bonds is 3. The van der Waals surface area contributed by atoms with Crippen molar-refractivity contribution in [2.75, 3.05) is 17.9 Å². The number of hydrogen-bond acceptors (Lipinski definition) is 6. The van der Waals surface area contributed by atoms with Gasteiger partial charge in [0, 0.05) is 12.5 Å². The second-order valence-electron chi connectivity index (χ2n) is 4.10. The Bertz CT molecular complexity index is 699. The van der Waals surface area contributed by atoms with E-state index in [0.29, 0.717) is 24.7 Å². The summed E-state index contributed by atoms with van der Waals surface area (Å²) >= 11 is 0. The Kier molecular flexibility index (Phi) is 3.18. The highest BCUT2D eigenvalue weighted by Crippen LogP contribution is 2.32. The number of anilines is 1. The van der Waals surface area contributed by atoms with E-state index in [2.05, 4.69) is 19.9 Å². The third-order valence-corrected chi connectivity index (χ3v) is 4.01. The first-order chi connectivity index (χ1) is 9.65. The van der Waals surface area contributed by atoms with Crippen molar-refractivity contribution < 1.29 is 17.9 Å². The molecule has 2 heterocycles. The summed E-state index contributed by atoms with van der Waals surface area (Å²) < 4.78 is 37.6. The van der Waals surface area contributed by atoms with E-state index in [9.17, 15) is 8.42 Å². The molecule has 106 valence electrons. The van der Waals surface area contributed by atoms with Gasteiger partial charge in [-0.05, 0) is 12.1 Å². The number of aromatic amines is 1. The Labute approximate surface area is 115 Å². The zero-order chi connectivity index (χ0) is 14.0. The molecule has 0 atom stereocenters. The summed E-state index contributed by atoms with van der Waals surface area (Å²) in [6.07, 6.45) is 1.97. The Balaban J connectivity index is 1.92. The van der Waals surface area contributed by atoms with Gasteiger partial charge in [0.25, 0.3) is 10.0 Å². The monoisotopic (exact) mass is 296 g/mol. The molecule has 3 rings (SSSR count). The molecule has 0 fully saturated rings. The van der Waals surface area contributed by atoms with Crippen LogP contribution in [0.3, 0.4) is 0 Å². The third-order valence-electron chi connectivity index (χ3n) is 2.68. The first-order valence-electron chi connectivity index (χ1n) is 5.93. The lowest BCUT2D eigenvalue weighted by Gasteiger charge is -2.10. The van der Waals surface area contributed by atoms with Crippen LogP contribution in [0.1, 0.15) is 6.42 Å². The molecular formula is C11H12N4O4S. The second-order valence-corrected chi connectivity index (χ2v) is 5.78. The SMILES string of the molecule is O=S(=O)(Nc1ncn[nH]1)c1ccc2c(c1)OCCCO2. The smallest absolute Gasteiger partial charge is 0.264 e. The Morgan fingerprint density at radius 3 is 2.75 bits per heavy atom. The van der Waals surface area contributed by atoms with Crippen LogP contribution in [0.25, 0.3) is 0 Å². The zero-order valence-electron chi connectivity index (χ0n) is 10.4. The molecule has 0 bridgehead atoms. The zero-order valence-corrected chi connectivity index (χ0v) is 11.2. The summed E-state index contributed by atoms with van der Waals surface area (Å²) in [6, 6.07) is 4.46. The van der Waals surface area contributed by atoms with Gasteiger partial charge in [0.05, 0.1) is 18.1 Å². The van der Waals surface area contributed by atoms with Gasteiger partial charge >= 0.3 is 0 Å². The molecule has 0 saturated carbocycles. The minimum Gasteiger partial charge on any atom is -0.490 e. The van der Waals surface area contributed by atoms with E-state index >= 15 is 0 Å². The molecule has 1 aliphatic rings. The van der Waals surface area contributed by atoms with Crippen molar-refractivity contribution in [3.05, 3.63) is 24.5 Å². The van der Waals surface area contributed by atoms with Crippen LogP contribution in [-0.2, 0) is 10.0 Å². The van der Waals surface area contributed by atoms with Gasteiger partial charge in [0.1, 0.15) is 6.33 Å². The lowest BCUT2D eigenvalue weighted by Crippen LogP contribution is -2.14. The van der Waals surface area contributed by atoms with E-state index in [1.54, 1.807) is 6.07 Å². The molecule has 0 unspecified atom stereocenters. The number of H-pyrrole nitrogens is 1. The number of sulfonamides is 1. The molecule has 0 radical (unpaired) electrons. The molecule has 2 N–H and O–H groups in total. The summed E-state index contributed by atoms with van der Waals surface area (Å²) in [5.41, 5.74) is 0. The second kappa shape index (κ2) is 5.00. The number of benzene rings is 1. The maximum atomic E-state index is 12.2. The fraction of sp³-hybridized carbons (Fsp3) is 0.273. The van der Waals surface area contributed by atoms with Crippen LogP contribution in [0.4, 0.5) is 5.95 Å². The van der Waals surface area contributed by atoms with E-state index in [0.717, 1.165) is 6.42 Å². The average Bonchev–Trinajstić information content (AvgIpc) is 2.80. The predicted octanol–water partition coefficient (Wildman–Crippen LogP) is 0.767. The highest BCUT2D eigenvalue weighted by molar-refractivity contribution is 7.92. The maximum Gasteiger partial charge on any atom is 0.264 e. The first kappa shape index (κ1) is 12.7. The predicted molar refractivity (Wildman–Crippen MR) is 69.2 cm³/mol. The normalized spacial score (nSPS) is 14.6. The quantitative estimate of drug-likeness (QED) is 0.866. The first-order valence-corrected chi connectivity index (χ1v) is 7.41. The Morgan fingerprint density at radius 2 is 2.00 bits per heavy atom. The summed E-state index contributed by atoms with van der Waals surface area (Å²) in [5.74, 6) is 1.01. The van der Waals surface area contributed by atoms with Gasteiger partial charge in [-0.2, -0.15) is 10.1 Å². The summed E-state index contributed by atoms with van der Waals surface area (Å²) in [7, 11) is -3.75. The molecule has 20 heavy (non-hydrogen) atoms. The van der Waals surface area contributed by atoms with Crippen molar-refractivity contribution in [1.82, 2.24) is 15.2 Å². The van der Waals surface area contributed by atoms with Crippen molar-refractivity contribution in [3.8, 4) is 11.5 Å². The number of nitrogens with one attached hydrogen (secondary N) is 2. The van der Waals surface area contributed by atoms with Crippen molar-refractivity contribution in [1.29, 1.82) is 0 Å². The number of hydrogen-bond donors (Lipinski definition) is 2. The van der Waals surface area contributed by atoms with Gasteiger partial charge in [-0.1, -0.05) is 0 Å². The Morgan fingerprint density at radius 1 is 1.20 bits per heavy atom. The molecule has 0 saturated heterocycles. The van der Waals surface area contributed by atoms with Gasteiger partial charge in [0.15, 0.2) is 11.5 Å². The molecule has 1 aromatic carbocycles. The lowest BCUT2D eigenvalue weighted by molar-refractivity contribution is 0.297. The van der Waals surface area contributed by atoms with Crippen LogP contribution < -0.4 is 14.2 Å². The molecule has 2 aromatic rings. The van der Waals surface area contributed by atoms with Crippen LogP contribution in [0, 0.1) is 0 Å². The lowest BCUT2D eigenvalue weighted by atomic mass is 10.3. The van der Waals surface area contributed by atoms with Crippen LogP contribution in [0.5, 0.6) is 11.5 Å². The van der Waals surface area contributed by atoms with Crippen molar-refractivity contribution in [2.45, 2.75) is 11.3 Å². The summed E-state index contributed by atoms with van der Waals surface area (Å²) in [6.45, 7) is 1.04.